The zero-order valence-corrected chi connectivity index (χ0v) is 8.20. The van der Waals surface area contributed by atoms with Crippen LogP contribution in [0.25, 0.3) is 0 Å². The van der Waals surface area contributed by atoms with Gasteiger partial charge in [0.2, 0.25) is 0 Å². The topological polar surface area (TPSA) is 98.3 Å². The van der Waals surface area contributed by atoms with Crippen molar-refractivity contribution in [2.75, 3.05) is 6.54 Å². The van der Waals surface area contributed by atoms with Gasteiger partial charge in [-0.2, -0.15) is 0 Å². The van der Waals surface area contributed by atoms with Crippen LogP contribution in [0.1, 0.15) is 0 Å². The zero-order valence-electron chi connectivity index (χ0n) is 4.42. The number of carbonyl (C=O) groups is 1. The fourth-order valence-corrected chi connectivity index (χ4v) is 0. The van der Waals surface area contributed by atoms with Crippen LogP contribution in [0.3, 0.4) is 0 Å². The minimum atomic E-state index is -0.968. The van der Waals surface area contributed by atoms with Crippen LogP contribution in [0.5, 0.6) is 0 Å². The molecule has 0 aromatic heterocycles. The Hall–Kier alpha value is 0.658. The first-order valence-electron chi connectivity index (χ1n) is 1.43. The third-order valence-corrected chi connectivity index (χ3v) is 0.175. The Morgan fingerprint density at radius 1 is 1.67 bits per heavy atom. The molecule has 0 aromatic carbocycles. The Kier molecular flexibility index (Phi) is 28.8. The molecule has 0 heterocycles. The van der Waals surface area contributed by atoms with E-state index in [1.807, 2.05) is 0 Å². The molecule has 0 saturated heterocycles. The van der Waals surface area contributed by atoms with Gasteiger partial charge in [-0.25, -0.2) is 0 Å². The summed E-state index contributed by atoms with van der Waals surface area (Å²) in [7, 11) is 9.75. The Balaban J connectivity index is -0.0000000800. The zero-order chi connectivity index (χ0) is 6.99. The van der Waals surface area contributed by atoms with Crippen molar-refractivity contribution in [2.45, 2.75) is 0 Å². The van der Waals surface area contributed by atoms with Gasteiger partial charge in [0.1, 0.15) is 0 Å². The van der Waals surface area contributed by atoms with Crippen molar-refractivity contribution < 1.29 is 26.4 Å². The van der Waals surface area contributed by atoms with Crippen molar-refractivity contribution >= 4 is 24.8 Å². The summed E-state index contributed by atoms with van der Waals surface area (Å²) >= 11 is -0.472. The first-order chi connectivity index (χ1) is 3.68. The monoisotopic (exact) mass is 357 g/mol. The predicted octanol–water partition coefficient (Wildman–Crippen LogP) is 0.568. The normalized spacial score (nSPS) is 6.56. The summed E-state index contributed by atoms with van der Waals surface area (Å²) in [5, 5.41) is 7.60. The second kappa shape index (κ2) is 15.9. The van der Waals surface area contributed by atoms with Gasteiger partial charge < -0.3 is 17.0 Å². The van der Waals surface area contributed by atoms with E-state index in [1.165, 1.54) is 0 Å². The van der Waals surface area contributed by atoms with E-state index < -0.39 is 22.5 Å². The molecule has 0 unspecified atom stereocenters. The van der Waals surface area contributed by atoms with Crippen molar-refractivity contribution in [3.05, 3.63) is 0 Å². The van der Waals surface area contributed by atoms with Crippen LogP contribution in [0.4, 0.5) is 0 Å². The van der Waals surface area contributed by atoms with E-state index in [1.54, 1.807) is 0 Å². The maximum atomic E-state index is 9.24. The van der Waals surface area contributed by atoms with Gasteiger partial charge in [0, 0.05) is 0 Å². The molecule has 60 valence electrons. The van der Waals surface area contributed by atoms with Crippen molar-refractivity contribution in [1.29, 1.82) is 0 Å². The predicted molar refractivity (Wildman–Crippen MR) is 33.4 cm³/mol. The standard InChI is InChI=1S/C2H5NO2.2ClH.H3N.Pt/c3-1-2(4)5;;;;/h1,3H2,(H,4,5);2*1H;1H3;/q;;;;+4/p-2. The third-order valence-electron chi connectivity index (χ3n) is 0.175. The van der Waals surface area contributed by atoms with Gasteiger partial charge >= 0.3 is 41.3 Å². The molecular weight excluding hydrogens is 350 g/mol. The minimum absolute atomic E-state index is 0. The average molecular weight is 358 g/mol. The van der Waals surface area contributed by atoms with Crippen LogP contribution in [-0.4, -0.2) is 17.6 Å². The molecule has 4 nitrogen and oxygen atoms in total. The molecular formula is C2H8Cl2N2O2Pt+2. The van der Waals surface area contributed by atoms with E-state index in [9.17, 15) is 4.79 Å². The maximum absolute atomic E-state index is 9.24. The number of hydrogen-bond donors (Lipinski definition) is 3. The number of nitrogens with two attached hydrogens (primary N) is 1. The Labute approximate surface area is 69.7 Å². The van der Waals surface area contributed by atoms with E-state index in [2.05, 4.69) is 5.73 Å². The molecule has 6 N–H and O–H groups in total. The van der Waals surface area contributed by atoms with Gasteiger partial charge in [-0.1, -0.05) is 0 Å². The van der Waals surface area contributed by atoms with Gasteiger partial charge in [-0.15, -0.1) is 0 Å². The van der Waals surface area contributed by atoms with Crippen LogP contribution < -0.4 is 11.9 Å². The summed E-state index contributed by atoms with van der Waals surface area (Å²) in [5.41, 5.74) is 4.57. The third kappa shape index (κ3) is 54.3. The molecule has 0 radical (unpaired) electrons. The molecule has 0 aromatic rings. The molecule has 0 aliphatic heterocycles. The number of carboxylic acid groups (broad SMARTS) is 1. The summed E-state index contributed by atoms with van der Waals surface area (Å²) in [5.74, 6) is -0.968. The van der Waals surface area contributed by atoms with Gasteiger partial charge in [-0.05, 0) is 0 Å². The SMILES string of the molecule is N.NCC(=O)O.[Cl][Pt+2][Cl]. The van der Waals surface area contributed by atoms with E-state index in [0.717, 1.165) is 0 Å². The quantitative estimate of drug-likeness (QED) is 0.638. The van der Waals surface area contributed by atoms with Gasteiger partial charge in [0.25, 0.3) is 0 Å². The van der Waals surface area contributed by atoms with E-state index in [4.69, 9.17) is 23.9 Å². The molecule has 0 bridgehead atoms. The van der Waals surface area contributed by atoms with Gasteiger partial charge in [0.15, 0.2) is 0 Å². The van der Waals surface area contributed by atoms with Crippen molar-refractivity contribution in [2.24, 2.45) is 5.73 Å². The molecule has 0 fully saturated rings. The van der Waals surface area contributed by atoms with E-state index >= 15 is 0 Å². The molecule has 0 aliphatic carbocycles. The van der Waals surface area contributed by atoms with Crippen molar-refractivity contribution in [3.63, 3.8) is 0 Å². The molecule has 0 saturated carbocycles. The van der Waals surface area contributed by atoms with E-state index in [-0.39, 0.29) is 12.7 Å². The first-order valence-corrected chi connectivity index (χ1v) is 7.06. The number of halogens is 2. The van der Waals surface area contributed by atoms with E-state index in [0.29, 0.717) is 0 Å². The summed E-state index contributed by atoms with van der Waals surface area (Å²) in [4.78, 5) is 9.24. The van der Waals surface area contributed by atoms with Crippen LogP contribution in [0.15, 0.2) is 0 Å². The second-order valence-electron chi connectivity index (χ2n) is 0.643. The Morgan fingerprint density at radius 3 is 1.78 bits per heavy atom. The summed E-state index contributed by atoms with van der Waals surface area (Å²) in [6.45, 7) is -0.278. The fourth-order valence-electron chi connectivity index (χ4n) is 0. The molecule has 0 spiro atoms. The molecule has 7 heteroatoms. The number of carboxylic acids is 1. The number of hydrogen-bond acceptors (Lipinski definition) is 3. The molecule has 0 rings (SSSR count). The molecule has 9 heavy (non-hydrogen) atoms. The summed E-state index contributed by atoms with van der Waals surface area (Å²) in [6, 6.07) is 0. The van der Waals surface area contributed by atoms with Gasteiger partial charge in [0.05, 0.1) is 6.54 Å². The van der Waals surface area contributed by atoms with Crippen molar-refractivity contribution in [1.82, 2.24) is 6.15 Å². The van der Waals surface area contributed by atoms with Crippen molar-refractivity contribution in [3.8, 4) is 0 Å². The van der Waals surface area contributed by atoms with Crippen LogP contribution in [0.2, 0.25) is 0 Å². The first kappa shape index (κ1) is 16.3. The summed E-state index contributed by atoms with van der Waals surface area (Å²) in [6.07, 6.45) is 0. The van der Waals surface area contributed by atoms with Crippen LogP contribution in [0, 0.1) is 0 Å². The summed E-state index contributed by atoms with van der Waals surface area (Å²) < 4.78 is 0. The fraction of sp³-hybridized carbons (Fsp3) is 0.500. The van der Waals surface area contributed by atoms with Crippen LogP contribution in [-0.2, 0) is 21.3 Å². The molecule has 0 amide bonds. The molecule has 0 aliphatic rings. The Bertz CT molecular complexity index is 64.5. The van der Waals surface area contributed by atoms with Crippen LogP contribution >= 0.6 is 18.8 Å². The van der Waals surface area contributed by atoms with Gasteiger partial charge in [-0.3, -0.25) is 4.79 Å². The number of rotatable bonds is 1. The Morgan fingerprint density at radius 2 is 1.78 bits per heavy atom. The average Bonchev–Trinajstić information content (AvgIpc) is 1.69. The molecule has 0 atom stereocenters. The number of aliphatic carboxylic acids is 1. The second-order valence-corrected chi connectivity index (χ2v) is 3.93.